The van der Waals surface area contributed by atoms with Gasteiger partial charge in [-0.25, -0.2) is 0 Å². The number of halogens is 1. The molecule has 4 rings (SSSR count). The summed E-state index contributed by atoms with van der Waals surface area (Å²) < 4.78 is -1.13. The van der Waals surface area contributed by atoms with Gasteiger partial charge < -0.3 is 15.3 Å². The van der Waals surface area contributed by atoms with Gasteiger partial charge in [-0.2, -0.15) is 0 Å². The second-order valence-corrected chi connectivity index (χ2v) is 10.6. The number of hydrogen-bond donors (Lipinski definition) is 2. The number of hydrogen-bond acceptors (Lipinski definition) is 5. The van der Waals surface area contributed by atoms with Crippen molar-refractivity contribution in [2.24, 2.45) is 0 Å². The van der Waals surface area contributed by atoms with Gasteiger partial charge in [-0.15, -0.1) is 23.5 Å². The minimum absolute atomic E-state index is 0.116. The summed E-state index contributed by atoms with van der Waals surface area (Å²) >= 11 is 6.17. The number of nitrogens with one attached hydrogen (secondary N) is 1. The summed E-state index contributed by atoms with van der Waals surface area (Å²) in [7, 11) is 0. The van der Waals surface area contributed by atoms with Gasteiger partial charge in [-0.05, 0) is 17.2 Å². The number of aliphatic carboxylic acids is 1. The van der Waals surface area contributed by atoms with Gasteiger partial charge in [-0.1, -0.05) is 64.5 Å². The van der Waals surface area contributed by atoms with Crippen molar-refractivity contribution in [2.45, 2.75) is 32.8 Å². The Bertz CT molecular complexity index is 1010. The summed E-state index contributed by atoms with van der Waals surface area (Å²) in [5.74, 6) is -1.01. The molecule has 2 aromatic carbocycles. The molecule has 2 aliphatic rings. The molecule has 6 nitrogen and oxygen atoms in total. The van der Waals surface area contributed by atoms with Crippen LogP contribution >= 0.6 is 39.5 Å². The van der Waals surface area contributed by atoms with Crippen LogP contribution in [0.15, 0.2) is 59.5 Å². The second-order valence-electron chi connectivity index (χ2n) is 7.52. The SMILES string of the molecule is O=C(Cc1ccccc1)N[C@@H]1C(=O)N2CC(Sc3ccccc3CBr)(C(=O)O)CS[C@H]12. The molecule has 31 heavy (non-hydrogen) atoms. The smallest absolute Gasteiger partial charge is 0.322 e. The number of carbonyl (C=O) groups is 3. The Kier molecular flexibility index (Phi) is 6.64. The number of nitrogens with zero attached hydrogens (tertiary/aromatic N) is 1. The van der Waals surface area contributed by atoms with Crippen LogP contribution in [-0.4, -0.2) is 56.3 Å². The van der Waals surface area contributed by atoms with Crippen LogP contribution < -0.4 is 5.32 Å². The third kappa shape index (κ3) is 4.49. The highest BCUT2D eigenvalue weighted by atomic mass is 79.9. The van der Waals surface area contributed by atoms with E-state index in [1.165, 1.54) is 23.5 Å². The molecule has 2 fully saturated rings. The summed E-state index contributed by atoms with van der Waals surface area (Å²) in [4.78, 5) is 39.9. The summed E-state index contributed by atoms with van der Waals surface area (Å²) in [6.45, 7) is 0.116. The van der Waals surface area contributed by atoms with E-state index in [-0.39, 0.29) is 30.2 Å². The van der Waals surface area contributed by atoms with Crippen LogP contribution in [0, 0.1) is 0 Å². The molecule has 2 aliphatic heterocycles. The molecule has 2 aromatic rings. The van der Waals surface area contributed by atoms with Crippen molar-refractivity contribution >= 4 is 57.2 Å². The highest BCUT2D eigenvalue weighted by Crippen LogP contribution is 2.47. The molecule has 9 heteroatoms. The molecule has 2 N–H and O–H groups in total. The number of benzene rings is 2. The first-order valence-electron chi connectivity index (χ1n) is 9.75. The number of β-lactam (4-membered cyclic amide) rings is 1. The molecule has 2 saturated heterocycles. The Hall–Kier alpha value is -1.97. The maximum Gasteiger partial charge on any atom is 0.322 e. The van der Waals surface area contributed by atoms with E-state index in [9.17, 15) is 19.5 Å². The largest absolute Gasteiger partial charge is 0.480 e. The summed E-state index contributed by atoms with van der Waals surface area (Å²) in [6, 6.07) is 16.4. The lowest BCUT2D eigenvalue weighted by atomic mass is 10.0. The lowest BCUT2D eigenvalue weighted by Gasteiger charge is -2.53. The van der Waals surface area contributed by atoms with Crippen molar-refractivity contribution in [3.8, 4) is 0 Å². The van der Waals surface area contributed by atoms with Gasteiger partial charge in [0.25, 0.3) is 0 Å². The van der Waals surface area contributed by atoms with E-state index in [0.717, 1.165) is 16.0 Å². The molecule has 0 radical (unpaired) electrons. The van der Waals surface area contributed by atoms with E-state index >= 15 is 0 Å². The van der Waals surface area contributed by atoms with Gasteiger partial charge in [0.2, 0.25) is 11.8 Å². The van der Waals surface area contributed by atoms with Crippen molar-refractivity contribution in [3.05, 3.63) is 65.7 Å². The molecule has 0 spiro atoms. The quantitative estimate of drug-likeness (QED) is 0.430. The number of carboxylic acid groups (broad SMARTS) is 1. The number of amides is 2. The standard InChI is InChI=1S/C22H21BrN2O4S2/c23-11-15-8-4-5-9-16(15)31-22(21(28)29)12-25-19(27)18(20(25)30-13-22)24-17(26)10-14-6-2-1-3-7-14/h1-9,18,20H,10-13H2,(H,24,26)(H,28,29)/t18-,20-,22?/m1/s1. The van der Waals surface area contributed by atoms with Crippen LogP contribution in [0.1, 0.15) is 11.1 Å². The van der Waals surface area contributed by atoms with Crippen molar-refractivity contribution in [1.82, 2.24) is 10.2 Å². The highest BCUT2D eigenvalue weighted by Gasteiger charge is 2.58. The normalized spacial score (nSPS) is 24.8. The average molecular weight is 521 g/mol. The Morgan fingerprint density at radius 1 is 1.19 bits per heavy atom. The van der Waals surface area contributed by atoms with Gasteiger partial charge in [0.1, 0.15) is 16.2 Å². The van der Waals surface area contributed by atoms with Crippen LogP contribution in [0.5, 0.6) is 0 Å². The third-order valence-electron chi connectivity index (χ3n) is 5.39. The van der Waals surface area contributed by atoms with Gasteiger partial charge in [0, 0.05) is 22.5 Å². The Labute approximate surface area is 197 Å². The monoisotopic (exact) mass is 520 g/mol. The molecule has 2 amide bonds. The topological polar surface area (TPSA) is 86.7 Å². The Morgan fingerprint density at radius 3 is 2.61 bits per heavy atom. The molecule has 0 bridgehead atoms. The van der Waals surface area contributed by atoms with Crippen LogP contribution in [0.25, 0.3) is 0 Å². The Balaban J connectivity index is 1.43. The predicted octanol–water partition coefficient (Wildman–Crippen LogP) is 3.14. The fourth-order valence-electron chi connectivity index (χ4n) is 3.72. The van der Waals surface area contributed by atoms with E-state index in [1.54, 1.807) is 4.90 Å². The summed E-state index contributed by atoms with van der Waals surface area (Å²) in [5.41, 5.74) is 1.90. The molecular weight excluding hydrogens is 500 g/mol. The van der Waals surface area contributed by atoms with Gasteiger partial charge in [0.05, 0.1) is 6.42 Å². The minimum atomic E-state index is -1.13. The lowest BCUT2D eigenvalue weighted by molar-refractivity contribution is -0.152. The van der Waals surface area contributed by atoms with Crippen LogP contribution in [0.4, 0.5) is 0 Å². The first-order chi connectivity index (χ1) is 14.9. The molecule has 162 valence electrons. The van der Waals surface area contributed by atoms with Crippen molar-refractivity contribution < 1.29 is 19.5 Å². The fraction of sp³-hybridized carbons (Fsp3) is 0.318. The maximum atomic E-state index is 12.8. The van der Waals surface area contributed by atoms with E-state index in [0.29, 0.717) is 11.1 Å². The lowest BCUT2D eigenvalue weighted by Crippen LogP contribution is -2.74. The second kappa shape index (κ2) is 9.26. The van der Waals surface area contributed by atoms with Crippen molar-refractivity contribution in [1.29, 1.82) is 0 Å². The molecule has 0 saturated carbocycles. The average Bonchev–Trinajstić information content (AvgIpc) is 2.78. The first-order valence-corrected chi connectivity index (χ1v) is 12.7. The molecule has 2 heterocycles. The van der Waals surface area contributed by atoms with Gasteiger partial charge in [-0.3, -0.25) is 14.4 Å². The maximum absolute atomic E-state index is 12.8. The van der Waals surface area contributed by atoms with Gasteiger partial charge >= 0.3 is 5.97 Å². The zero-order chi connectivity index (χ0) is 22.0. The zero-order valence-corrected chi connectivity index (χ0v) is 19.7. The van der Waals surface area contributed by atoms with Crippen LogP contribution in [-0.2, 0) is 26.1 Å². The van der Waals surface area contributed by atoms with Crippen molar-refractivity contribution in [3.63, 3.8) is 0 Å². The van der Waals surface area contributed by atoms with E-state index in [1.807, 2.05) is 54.6 Å². The third-order valence-corrected chi connectivity index (χ3v) is 9.16. The van der Waals surface area contributed by atoms with Crippen LogP contribution in [0.3, 0.4) is 0 Å². The number of carboxylic acids is 1. The van der Waals surface area contributed by atoms with Crippen molar-refractivity contribution in [2.75, 3.05) is 12.3 Å². The van der Waals surface area contributed by atoms with Crippen LogP contribution in [0.2, 0.25) is 0 Å². The number of alkyl halides is 1. The summed E-state index contributed by atoms with van der Waals surface area (Å²) in [6.07, 6.45) is 0.209. The number of thioether (sulfide) groups is 2. The molecule has 3 atom stereocenters. The minimum Gasteiger partial charge on any atom is -0.480 e. The molecule has 0 aromatic heterocycles. The highest BCUT2D eigenvalue weighted by molar-refractivity contribution is 9.08. The predicted molar refractivity (Wildman–Crippen MR) is 125 cm³/mol. The van der Waals surface area contributed by atoms with E-state index in [2.05, 4.69) is 21.2 Å². The van der Waals surface area contributed by atoms with E-state index < -0.39 is 16.8 Å². The number of carbonyl (C=O) groups excluding carboxylic acids is 2. The number of rotatable bonds is 7. The molecular formula is C22H21BrN2O4S2. The zero-order valence-electron chi connectivity index (χ0n) is 16.5. The number of fused-ring (bicyclic) bond motifs is 1. The first kappa shape index (κ1) is 22.2. The van der Waals surface area contributed by atoms with E-state index in [4.69, 9.17) is 0 Å². The fourth-order valence-corrected chi connectivity index (χ4v) is 7.35. The Morgan fingerprint density at radius 2 is 1.90 bits per heavy atom. The molecule has 1 unspecified atom stereocenters. The summed E-state index contributed by atoms with van der Waals surface area (Å²) in [5, 5.41) is 13.3. The molecule has 0 aliphatic carbocycles. The van der Waals surface area contributed by atoms with Gasteiger partial charge in [0.15, 0.2) is 0 Å².